The van der Waals surface area contributed by atoms with Crippen molar-refractivity contribution in [2.45, 2.75) is 25.8 Å². The third-order valence-electron chi connectivity index (χ3n) is 3.89. The van der Waals surface area contributed by atoms with Gasteiger partial charge in [0.2, 0.25) is 0 Å². The number of anilines is 1. The molecule has 20 heavy (non-hydrogen) atoms. The van der Waals surface area contributed by atoms with E-state index >= 15 is 0 Å². The highest BCUT2D eigenvalue weighted by atomic mass is 79.9. The lowest BCUT2D eigenvalue weighted by Crippen LogP contribution is -2.39. The SMILES string of the molecule is CCC1CN(C)CCCN1c1ccc(C(=O)O)c(Br)c1. The molecular weight excluding hydrogens is 320 g/mol. The largest absolute Gasteiger partial charge is 0.478 e. The molecule has 2 rings (SSSR count). The van der Waals surface area contributed by atoms with Crippen molar-refractivity contribution in [3.8, 4) is 0 Å². The Morgan fingerprint density at radius 1 is 1.45 bits per heavy atom. The maximum Gasteiger partial charge on any atom is 0.336 e. The lowest BCUT2D eigenvalue weighted by Gasteiger charge is -2.32. The Morgan fingerprint density at radius 3 is 2.80 bits per heavy atom. The molecule has 1 aliphatic rings. The predicted molar refractivity (Wildman–Crippen MR) is 84.6 cm³/mol. The summed E-state index contributed by atoms with van der Waals surface area (Å²) in [6, 6.07) is 6.01. The van der Waals surface area contributed by atoms with E-state index in [0.717, 1.165) is 38.2 Å². The van der Waals surface area contributed by atoms with Crippen LogP contribution in [0.4, 0.5) is 5.69 Å². The molecule has 1 heterocycles. The third kappa shape index (κ3) is 3.33. The van der Waals surface area contributed by atoms with Crippen LogP contribution < -0.4 is 4.90 Å². The maximum absolute atomic E-state index is 11.1. The van der Waals surface area contributed by atoms with Gasteiger partial charge in [-0.05, 0) is 60.6 Å². The first-order valence-corrected chi connectivity index (χ1v) is 7.80. The fourth-order valence-electron chi connectivity index (χ4n) is 2.79. The fraction of sp³-hybridized carbons (Fsp3) is 0.533. The van der Waals surface area contributed by atoms with E-state index in [-0.39, 0.29) is 0 Å². The summed E-state index contributed by atoms with van der Waals surface area (Å²) < 4.78 is 0.648. The fourth-order valence-corrected chi connectivity index (χ4v) is 3.32. The molecule has 0 saturated carbocycles. The van der Waals surface area contributed by atoms with E-state index in [4.69, 9.17) is 5.11 Å². The molecular formula is C15H21BrN2O2. The number of carboxylic acids is 1. The van der Waals surface area contributed by atoms with Crippen molar-refractivity contribution in [3.05, 3.63) is 28.2 Å². The summed E-state index contributed by atoms with van der Waals surface area (Å²) in [6.45, 7) is 5.38. The summed E-state index contributed by atoms with van der Waals surface area (Å²) in [5, 5.41) is 9.09. The van der Waals surface area contributed by atoms with Crippen LogP contribution in [0.1, 0.15) is 30.1 Å². The molecule has 1 aromatic rings. The average Bonchev–Trinajstić information content (AvgIpc) is 2.59. The van der Waals surface area contributed by atoms with Crippen LogP contribution in [-0.4, -0.2) is 48.7 Å². The van der Waals surface area contributed by atoms with Crippen LogP contribution in [0.25, 0.3) is 0 Å². The highest BCUT2D eigenvalue weighted by Crippen LogP contribution is 2.27. The van der Waals surface area contributed by atoms with Gasteiger partial charge in [-0.2, -0.15) is 0 Å². The first kappa shape index (κ1) is 15.3. The quantitative estimate of drug-likeness (QED) is 0.918. The van der Waals surface area contributed by atoms with Crippen LogP contribution in [0.2, 0.25) is 0 Å². The van der Waals surface area contributed by atoms with Crippen LogP contribution in [0.3, 0.4) is 0 Å². The van der Waals surface area contributed by atoms with Gasteiger partial charge in [-0.3, -0.25) is 0 Å². The highest BCUT2D eigenvalue weighted by molar-refractivity contribution is 9.10. The van der Waals surface area contributed by atoms with Gasteiger partial charge >= 0.3 is 5.97 Å². The normalized spacial score (nSPS) is 20.8. The minimum atomic E-state index is -0.897. The molecule has 0 spiro atoms. The number of nitrogens with zero attached hydrogens (tertiary/aromatic N) is 2. The Kier molecular flexibility index (Phi) is 5.05. The van der Waals surface area contributed by atoms with Crippen LogP contribution in [0.15, 0.2) is 22.7 Å². The van der Waals surface area contributed by atoms with Gasteiger partial charge in [-0.25, -0.2) is 4.79 Å². The number of likely N-dealkylation sites (N-methyl/N-ethyl adjacent to an activating group) is 1. The number of hydrogen-bond acceptors (Lipinski definition) is 3. The molecule has 1 atom stereocenters. The van der Waals surface area contributed by atoms with E-state index in [1.165, 1.54) is 0 Å². The summed E-state index contributed by atoms with van der Waals surface area (Å²) in [7, 11) is 2.16. The van der Waals surface area contributed by atoms with Gasteiger partial charge in [-0.1, -0.05) is 6.92 Å². The van der Waals surface area contributed by atoms with Crippen LogP contribution in [-0.2, 0) is 0 Å². The monoisotopic (exact) mass is 340 g/mol. The standard InChI is InChI=1S/C15H21BrN2O2/c1-3-11-10-17(2)7-4-8-18(11)12-5-6-13(15(19)20)14(16)9-12/h5-6,9,11H,3-4,7-8,10H2,1-2H3,(H,19,20). The van der Waals surface area contributed by atoms with Crippen molar-refractivity contribution >= 4 is 27.6 Å². The van der Waals surface area contributed by atoms with Gasteiger partial charge in [0, 0.05) is 29.3 Å². The number of aromatic carboxylic acids is 1. The number of halogens is 1. The van der Waals surface area contributed by atoms with Gasteiger partial charge in [-0.15, -0.1) is 0 Å². The molecule has 0 bridgehead atoms. The molecule has 4 nitrogen and oxygen atoms in total. The van der Waals surface area contributed by atoms with Crippen LogP contribution in [0, 0.1) is 0 Å². The molecule has 1 aromatic carbocycles. The molecule has 5 heteroatoms. The molecule has 0 aliphatic carbocycles. The smallest absolute Gasteiger partial charge is 0.336 e. The van der Waals surface area contributed by atoms with Gasteiger partial charge in [0.15, 0.2) is 0 Å². The van der Waals surface area contributed by atoms with Gasteiger partial charge in [0.1, 0.15) is 0 Å². The van der Waals surface area contributed by atoms with Gasteiger partial charge in [0.25, 0.3) is 0 Å². The lowest BCUT2D eigenvalue weighted by atomic mass is 10.1. The Labute approximate surface area is 128 Å². The molecule has 0 radical (unpaired) electrons. The van der Waals surface area contributed by atoms with Crippen LogP contribution >= 0.6 is 15.9 Å². The zero-order chi connectivity index (χ0) is 14.7. The van der Waals surface area contributed by atoms with Crippen molar-refractivity contribution < 1.29 is 9.90 Å². The second-order valence-corrected chi connectivity index (χ2v) is 6.19. The van der Waals surface area contributed by atoms with Crippen molar-refractivity contribution in [2.75, 3.05) is 31.6 Å². The average molecular weight is 341 g/mol. The molecule has 1 N–H and O–H groups in total. The predicted octanol–water partition coefficient (Wildman–Crippen LogP) is 3.07. The zero-order valence-corrected chi connectivity index (χ0v) is 13.6. The summed E-state index contributed by atoms with van der Waals surface area (Å²) in [5.41, 5.74) is 1.41. The number of benzene rings is 1. The van der Waals surface area contributed by atoms with Crippen molar-refractivity contribution in [1.29, 1.82) is 0 Å². The van der Waals surface area contributed by atoms with Gasteiger partial charge < -0.3 is 14.9 Å². The molecule has 110 valence electrons. The first-order valence-electron chi connectivity index (χ1n) is 7.01. The molecule has 0 aromatic heterocycles. The number of hydrogen-bond donors (Lipinski definition) is 1. The van der Waals surface area contributed by atoms with Crippen LogP contribution in [0.5, 0.6) is 0 Å². The van der Waals surface area contributed by atoms with Crippen molar-refractivity contribution in [3.63, 3.8) is 0 Å². The highest BCUT2D eigenvalue weighted by Gasteiger charge is 2.23. The zero-order valence-electron chi connectivity index (χ0n) is 12.0. The van der Waals surface area contributed by atoms with E-state index < -0.39 is 5.97 Å². The van der Waals surface area contributed by atoms with Gasteiger partial charge in [0.05, 0.1) is 5.56 Å². The van der Waals surface area contributed by atoms with E-state index in [9.17, 15) is 4.79 Å². The molecule has 1 aliphatic heterocycles. The second-order valence-electron chi connectivity index (χ2n) is 5.34. The number of carboxylic acid groups (broad SMARTS) is 1. The van der Waals surface area contributed by atoms with E-state index in [1.54, 1.807) is 6.07 Å². The van der Waals surface area contributed by atoms with Crippen molar-refractivity contribution in [1.82, 2.24) is 4.90 Å². The Morgan fingerprint density at radius 2 is 2.20 bits per heavy atom. The van der Waals surface area contributed by atoms with Crippen molar-refractivity contribution in [2.24, 2.45) is 0 Å². The summed E-state index contributed by atoms with van der Waals surface area (Å²) in [6.07, 6.45) is 2.22. The number of rotatable bonds is 3. The Hall–Kier alpha value is -1.07. The molecule has 1 saturated heterocycles. The lowest BCUT2D eigenvalue weighted by molar-refractivity contribution is 0.0696. The molecule has 1 fully saturated rings. The first-order chi connectivity index (χ1) is 9.52. The summed E-state index contributed by atoms with van der Waals surface area (Å²) >= 11 is 3.37. The topological polar surface area (TPSA) is 43.8 Å². The van der Waals surface area contributed by atoms with E-state index in [1.807, 2.05) is 12.1 Å². The van der Waals surface area contributed by atoms with E-state index in [2.05, 4.69) is 39.7 Å². The maximum atomic E-state index is 11.1. The third-order valence-corrected chi connectivity index (χ3v) is 4.54. The Bertz CT molecular complexity index is 493. The minimum absolute atomic E-state index is 0.314. The van der Waals surface area contributed by atoms with E-state index in [0.29, 0.717) is 16.1 Å². The molecule has 0 amide bonds. The summed E-state index contributed by atoms with van der Waals surface area (Å²) in [5.74, 6) is -0.897. The Balaban J connectivity index is 2.28. The second kappa shape index (κ2) is 6.59. The number of carbonyl (C=O) groups is 1. The minimum Gasteiger partial charge on any atom is -0.478 e. The summed E-state index contributed by atoms with van der Waals surface area (Å²) in [4.78, 5) is 15.9. The molecule has 1 unspecified atom stereocenters.